The van der Waals surface area contributed by atoms with Crippen LogP contribution in [0.25, 0.3) is 11.2 Å². The summed E-state index contributed by atoms with van der Waals surface area (Å²) < 4.78 is 42.5. The van der Waals surface area contributed by atoms with Gasteiger partial charge in [0.25, 0.3) is 5.56 Å². The first-order chi connectivity index (χ1) is 16.8. The summed E-state index contributed by atoms with van der Waals surface area (Å²) in [5, 5.41) is 2.57. The van der Waals surface area contributed by atoms with Crippen molar-refractivity contribution in [1.29, 1.82) is 0 Å². The normalized spacial score (nSPS) is 20.4. The summed E-state index contributed by atoms with van der Waals surface area (Å²) in [6, 6.07) is 7.37. The van der Waals surface area contributed by atoms with Gasteiger partial charge in [0.1, 0.15) is 18.4 Å². The van der Waals surface area contributed by atoms with E-state index >= 15 is 0 Å². The second-order valence-electron chi connectivity index (χ2n) is 7.43. The van der Waals surface area contributed by atoms with Crippen molar-refractivity contribution in [2.75, 3.05) is 25.6 Å². The monoisotopic (exact) mass is 508 g/mol. The van der Waals surface area contributed by atoms with Gasteiger partial charge in [0, 0.05) is 0 Å². The van der Waals surface area contributed by atoms with E-state index in [1.807, 2.05) is 0 Å². The molecule has 0 aliphatic carbocycles. The largest absolute Gasteiger partial charge is 0.465 e. The van der Waals surface area contributed by atoms with E-state index in [0.29, 0.717) is 0 Å². The standard InChI is InChI=1S/C20H25N6O8P/c1-3-30-19(28)12(2)25-35(29,34-13-7-5-4-6-8-13)32-10-15-31-9-14(33-15)26-11-22-16-17(26)23-20(21)24-18(16)27/h4-8,11-12,14-15H,3,9-10H2,1-2H3,(H,25,29)(H3,21,23,24,27)/t12-,14+,15+,35?/m0/s1. The predicted molar refractivity (Wildman–Crippen MR) is 122 cm³/mol. The Labute approximate surface area is 199 Å². The Morgan fingerprint density at radius 1 is 1.40 bits per heavy atom. The maximum atomic E-state index is 13.5. The number of esters is 1. The molecule has 3 aromatic rings. The maximum Gasteiger partial charge on any atom is 0.459 e. The molecule has 15 heteroatoms. The lowest BCUT2D eigenvalue weighted by molar-refractivity contribution is -0.144. The number of aromatic amines is 1. The maximum absolute atomic E-state index is 13.5. The third-order valence-electron chi connectivity index (χ3n) is 4.84. The molecule has 4 N–H and O–H groups in total. The number of hydrogen-bond acceptors (Lipinski definition) is 11. The second-order valence-corrected chi connectivity index (χ2v) is 9.12. The van der Waals surface area contributed by atoms with Crippen molar-refractivity contribution >= 4 is 30.8 Å². The fourth-order valence-electron chi connectivity index (χ4n) is 3.26. The van der Waals surface area contributed by atoms with Crippen molar-refractivity contribution < 1.29 is 32.6 Å². The van der Waals surface area contributed by atoms with Crippen molar-refractivity contribution in [1.82, 2.24) is 24.6 Å². The lowest BCUT2D eigenvalue weighted by Gasteiger charge is -2.23. The van der Waals surface area contributed by atoms with Gasteiger partial charge in [0.2, 0.25) is 5.95 Å². The highest BCUT2D eigenvalue weighted by Gasteiger charge is 2.36. The van der Waals surface area contributed by atoms with E-state index < -0.39 is 37.8 Å². The molecule has 3 heterocycles. The van der Waals surface area contributed by atoms with E-state index in [-0.39, 0.29) is 42.7 Å². The van der Waals surface area contributed by atoms with Crippen LogP contribution in [0.4, 0.5) is 5.95 Å². The van der Waals surface area contributed by atoms with E-state index in [1.165, 1.54) is 17.8 Å². The van der Waals surface area contributed by atoms with Gasteiger partial charge in [0.05, 0.1) is 19.5 Å². The minimum atomic E-state index is -4.06. The molecule has 1 saturated heterocycles. The number of benzene rings is 1. The molecule has 0 radical (unpaired) electrons. The van der Waals surface area contributed by atoms with Crippen LogP contribution in [-0.2, 0) is 28.1 Å². The van der Waals surface area contributed by atoms with Crippen LogP contribution in [0.5, 0.6) is 5.75 Å². The zero-order chi connectivity index (χ0) is 25.0. The minimum Gasteiger partial charge on any atom is -0.465 e. The molecule has 0 spiro atoms. The summed E-state index contributed by atoms with van der Waals surface area (Å²) in [4.78, 5) is 34.6. The van der Waals surface area contributed by atoms with Crippen LogP contribution in [0.1, 0.15) is 20.1 Å². The first-order valence-electron chi connectivity index (χ1n) is 10.7. The van der Waals surface area contributed by atoms with Crippen LogP contribution >= 0.6 is 7.75 Å². The number of anilines is 1. The number of rotatable bonds is 10. The number of hydrogen-bond donors (Lipinski definition) is 3. The third kappa shape index (κ3) is 5.86. The minimum absolute atomic E-state index is 0.0659. The van der Waals surface area contributed by atoms with Crippen molar-refractivity contribution in [3.05, 3.63) is 47.0 Å². The average Bonchev–Trinajstić information content (AvgIpc) is 3.45. The zero-order valence-electron chi connectivity index (χ0n) is 18.9. The van der Waals surface area contributed by atoms with Crippen LogP contribution in [0.2, 0.25) is 0 Å². The van der Waals surface area contributed by atoms with Crippen LogP contribution < -0.4 is 20.9 Å². The molecule has 1 unspecified atom stereocenters. The molecule has 188 valence electrons. The van der Waals surface area contributed by atoms with Gasteiger partial charge in [0.15, 0.2) is 23.7 Å². The summed E-state index contributed by atoms with van der Waals surface area (Å²) in [6.07, 6.45) is -0.248. The van der Waals surface area contributed by atoms with E-state index in [9.17, 15) is 14.2 Å². The van der Waals surface area contributed by atoms with Gasteiger partial charge < -0.3 is 24.5 Å². The highest BCUT2D eigenvalue weighted by atomic mass is 31.2. The van der Waals surface area contributed by atoms with E-state index in [0.717, 1.165) is 0 Å². The van der Waals surface area contributed by atoms with E-state index in [1.54, 1.807) is 37.3 Å². The second kappa shape index (κ2) is 10.5. The lowest BCUT2D eigenvalue weighted by atomic mass is 10.3. The van der Waals surface area contributed by atoms with E-state index in [4.69, 9.17) is 29.0 Å². The SMILES string of the molecule is CCOC(=O)[C@H](C)NP(=O)(OC[C@@H]1OC[C@H](n2cnc3c(=O)[nH]c(N)nc32)O1)Oc1ccccc1. The molecular formula is C20H25N6O8P. The number of nitrogens with one attached hydrogen (secondary N) is 2. The number of carbonyl (C=O) groups excluding carboxylic acids is 1. The molecule has 0 saturated carbocycles. The molecule has 35 heavy (non-hydrogen) atoms. The van der Waals surface area contributed by atoms with Gasteiger partial charge in [-0.15, -0.1) is 0 Å². The van der Waals surface area contributed by atoms with Gasteiger partial charge in [-0.05, 0) is 26.0 Å². The zero-order valence-corrected chi connectivity index (χ0v) is 19.8. The molecule has 1 aliphatic heterocycles. The van der Waals surface area contributed by atoms with Crippen LogP contribution in [-0.4, -0.2) is 57.6 Å². The number of fused-ring (bicyclic) bond motifs is 1. The first kappa shape index (κ1) is 24.8. The number of carbonyl (C=O) groups is 1. The molecule has 4 atom stereocenters. The number of nitrogen functional groups attached to an aromatic ring is 1. The van der Waals surface area contributed by atoms with Crippen molar-refractivity contribution in [3.63, 3.8) is 0 Å². The van der Waals surface area contributed by atoms with Crippen LogP contribution in [0, 0.1) is 0 Å². The average molecular weight is 508 g/mol. The van der Waals surface area contributed by atoms with Gasteiger partial charge in [-0.3, -0.25) is 23.7 Å². The Kier molecular flexibility index (Phi) is 7.48. The van der Waals surface area contributed by atoms with Gasteiger partial charge in [-0.2, -0.15) is 10.1 Å². The Bertz CT molecular complexity index is 1280. The topological polar surface area (TPSA) is 182 Å². The Morgan fingerprint density at radius 2 is 2.17 bits per heavy atom. The highest BCUT2D eigenvalue weighted by molar-refractivity contribution is 7.52. The van der Waals surface area contributed by atoms with Gasteiger partial charge in [-0.25, -0.2) is 9.55 Å². The molecule has 14 nitrogen and oxygen atoms in total. The molecule has 0 amide bonds. The summed E-state index contributed by atoms with van der Waals surface area (Å²) in [5.74, 6) is -0.414. The number of aromatic nitrogens is 4. The fraction of sp³-hybridized carbons (Fsp3) is 0.400. The Morgan fingerprint density at radius 3 is 2.91 bits per heavy atom. The summed E-state index contributed by atoms with van der Waals surface area (Å²) in [5.41, 5.74) is 5.48. The number of imidazole rings is 1. The van der Waals surface area contributed by atoms with Crippen molar-refractivity contribution in [3.8, 4) is 5.75 Å². The highest BCUT2D eigenvalue weighted by Crippen LogP contribution is 2.45. The molecule has 4 rings (SSSR count). The Balaban J connectivity index is 1.44. The summed E-state index contributed by atoms with van der Waals surface area (Å²) >= 11 is 0. The molecular weight excluding hydrogens is 483 g/mol. The smallest absolute Gasteiger partial charge is 0.459 e. The number of H-pyrrole nitrogens is 1. The van der Waals surface area contributed by atoms with Gasteiger partial charge in [-0.1, -0.05) is 18.2 Å². The summed E-state index contributed by atoms with van der Waals surface area (Å²) in [6.45, 7) is 3.08. The Hall–Kier alpha value is -3.29. The number of para-hydroxylation sites is 1. The van der Waals surface area contributed by atoms with Crippen molar-refractivity contribution in [2.24, 2.45) is 0 Å². The van der Waals surface area contributed by atoms with E-state index in [2.05, 4.69) is 20.0 Å². The number of nitrogens with zero attached hydrogens (tertiary/aromatic N) is 3. The quantitative estimate of drug-likeness (QED) is 0.264. The molecule has 1 aliphatic rings. The molecule has 0 bridgehead atoms. The third-order valence-corrected chi connectivity index (χ3v) is 6.48. The van der Waals surface area contributed by atoms with Gasteiger partial charge >= 0.3 is 13.7 Å². The lowest BCUT2D eigenvalue weighted by Crippen LogP contribution is -2.35. The molecule has 1 fully saturated rings. The van der Waals surface area contributed by atoms with Crippen LogP contribution in [0.15, 0.2) is 41.5 Å². The van der Waals surface area contributed by atoms with Crippen LogP contribution in [0.3, 0.4) is 0 Å². The first-order valence-corrected chi connectivity index (χ1v) is 12.3. The molecule has 1 aromatic carbocycles. The number of nitrogens with two attached hydrogens (primary N) is 1. The summed E-state index contributed by atoms with van der Waals surface area (Å²) in [7, 11) is -4.06. The molecule has 2 aromatic heterocycles. The number of ether oxygens (including phenoxy) is 3. The fourth-order valence-corrected chi connectivity index (χ4v) is 4.73. The predicted octanol–water partition coefficient (Wildman–Crippen LogP) is 1.32. The van der Waals surface area contributed by atoms with Crippen molar-refractivity contribution in [2.45, 2.75) is 32.4 Å².